The summed E-state index contributed by atoms with van der Waals surface area (Å²) in [5.41, 5.74) is 3.40. The fourth-order valence-electron chi connectivity index (χ4n) is 1.18. The second-order valence-electron chi connectivity index (χ2n) is 4.40. The molecule has 0 saturated carbocycles. The fourth-order valence-corrected chi connectivity index (χ4v) is 1.98. The van der Waals surface area contributed by atoms with Crippen LogP contribution < -0.4 is 11.3 Å². The Labute approximate surface area is 113 Å². The van der Waals surface area contributed by atoms with Crippen molar-refractivity contribution in [1.29, 1.82) is 0 Å². The van der Waals surface area contributed by atoms with Crippen LogP contribution in [-0.4, -0.2) is 11.4 Å². The molecule has 0 aliphatic heterocycles. The third kappa shape index (κ3) is 3.88. The monoisotopic (exact) mass is 347 g/mol. The van der Waals surface area contributed by atoms with E-state index in [1.165, 1.54) is 0 Å². The molecule has 0 amide bonds. The van der Waals surface area contributed by atoms with E-state index >= 15 is 0 Å². The number of rotatable bonds is 1. The molecule has 3 N–H and O–H groups in total. The molecule has 0 aliphatic carbocycles. The topological polar surface area (TPSA) is 50.4 Å². The molecule has 0 atom stereocenters. The van der Waals surface area contributed by atoms with Gasteiger partial charge in [-0.2, -0.15) is 0 Å². The normalized spacial score (nSPS) is 12.8. The van der Waals surface area contributed by atoms with Crippen LogP contribution in [0.15, 0.2) is 32.1 Å². The zero-order chi connectivity index (χ0) is 12.3. The van der Waals surface area contributed by atoms with E-state index in [4.69, 9.17) is 5.84 Å². The van der Waals surface area contributed by atoms with Gasteiger partial charge in [-0.15, -0.1) is 0 Å². The highest BCUT2D eigenvalue weighted by Gasteiger charge is 2.13. The Morgan fingerprint density at radius 2 is 1.94 bits per heavy atom. The van der Waals surface area contributed by atoms with Gasteiger partial charge in [0, 0.05) is 14.5 Å². The SMILES string of the molecule is CC(C)(C)N=C(NN)c1cc(Br)ccc1Br. The molecule has 1 aromatic rings. The number of hydrogen-bond acceptors (Lipinski definition) is 2. The van der Waals surface area contributed by atoms with Crippen molar-refractivity contribution in [2.45, 2.75) is 26.3 Å². The maximum Gasteiger partial charge on any atom is 0.144 e. The van der Waals surface area contributed by atoms with Crippen LogP contribution in [-0.2, 0) is 0 Å². The lowest BCUT2D eigenvalue weighted by Gasteiger charge is -2.16. The van der Waals surface area contributed by atoms with Gasteiger partial charge in [0.25, 0.3) is 0 Å². The molecule has 16 heavy (non-hydrogen) atoms. The van der Waals surface area contributed by atoms with Crippen LogP contribution in [0.5, 0.6) is 0 Å². The van der Waals surface area contributed by atoms with Crippen LogP contribution in [0.4, 0.5) is 0 Å². The average molecular weight is 349 g/mol. The molecule has 0 heterocycles. The number of halogens is 2. The van der Waals surface area contributed by atoms with Crippen LogP contribution in [0.25, 0.3) is 0 Å². The number of aliphatic imine (C=N–C) groups is 1. The summed E-state index contributed by atoms with van der Waals surface area (Å²) in [6, 6.07) is 5.88. The predicted molar refractivity (Wildman–Crippen MR) is 75.5 cm³/mol. The summed E-state index contributed by atoms with van der Waals surface area (Å²) < 4.78 is 1.94. The molecule has 1 rings (SSSR count). The van der Waals surface area contributed by atoms with E-state index in [0.29, 0.717) is 5.84 Å². The molecule has 0 saturated heterocycles. The highest BCUT2D eigenvalue weighted by atomic mass is 79.9. The standard InChI is InChI=1S/C11H15Br2N3/c1-11(2,3)15-10(16-14)8-6-7(12)4-5-9(8)13/h4-6H,14H2,1-3H3,(H,15,16). The highest BCUT2D eigenvalue weighted by Crippen LogP contribution is 2.22. The first-order chi connectivity index (χ1) is 7.33. The van der Waals surface area contributed by atoms with E-state index in [1.54, 1.807) is 0 Å². The minimum absolute atomic E-state index is 0.177. The predicted octanol–water partition coefficient (Wildman–Crippen LogP) is 3.22. The molecule has 0 spiro atoms. The van der Waals surface area contributed by atoms with Gasteiger partial charge >= 0.3 is 0 Å². The van der Waals surface area contributed by atoms with E-state index in [1.807, 2.05) is 39.0 Å². The lowest BCUT2D eigenvalue weighted by Crippen LogP contribution is -2.33. The second-order valence-corrected chi connectivity index (χ2v) is 6.17. The van der Waals surface area contributed by atoms with Gasteiger partial charge in [0.05, 0.1) is 5.54 Å². The first-order valence-electron chi connectivity index (χ1n) is 4.85. The van der Waals surface area contributed by atoms with Crippen LogP contribution in [0.2, 0.25) is 0 Å². The summed E-state index contributed by atoms with van der Waals surface area (Å²) in [5, 5.41) is 0. The molecule has 0 unspecified atom stereocenters. The third-order valence-electron chi connectivity index (χ3n) is 1.77. The van der Waals surface area contributed by atoms with Crippen LogP contribution >= 0.6 is 31.9 Å². The molecular formula is C11H15Br2N3. The molecule has 0 aliphatic rings. The molecular weight excluding hydrogens is 334 g/mol. The van der Waals surface area contributed by atoms with Gasteiger partial charge in [0.2, 0.25) is 0 Å². The van der Waals surface area contributed by atoms with Crippen molar-refractivity contribution in [3.8, 4) is 0 Å². The summed E-state index contributed by atoms with van der Waals surface area (Å²) in [5.74, 6) is 6.18. The van der Waals surface area contributed by atoms with Gasteiger partial charge in [-0.05, 0) is 39.0 Å². The summed E-state index contributed by atoms with van der Waals surface area (Å²) in [6.07, 6.45) is 0. The Morgan fingerprint density at radius 1 is 1.31 bits per heavy atom. The van der Waals surface area contributed by atoms with E-state index in [0.717, 1.165) is 14.5 Å². The van der Waals surface area contributed by atoms with Gasteiger partial charge < -0.3 is 5.43 Å². The molecule has 0 fully saturated rings. The number of hydrogen-bond donors (Lipinski definition) is 2. The van der Waals surface area contributed by atoms with Crippen molar-refractivity contribution >= 4 is 37.7 Å². The Kier molecular flexibility index (Phi) is 4.52. The fraction of sp³-hybridized carbons (Fsp3) is 0.364. The minimum Gasteiger partial charge on any atom is -0.308 e. The maximum absolute atomic E-state index is 5.51. The smallest absolute Gasteiger partial charge is 0.144 e. The zero-order valence-corrected chi connectivity index (χ0v) is 12.7. The van der Waals surface area contributed by atoms with Gasteiger partial charge in [0.15, 0.2) is 0 Å². The number of nitrogens with zero attached hydrogens (tertiary/aromatic N) is 1. The number of benzene rings is 1. The van der Waals surface area contributed by atoms with Crippen molar-refractivity contribution < 1.29 is 0 Å². The quantitative estimate of drug-likeness (QED) is 0.354. The Morgan fingerprint density at radius 3 is 2.44 bits per heavy atom. The average Bonchev–Trinajstić information content (AvgIpc) is 2.17. The van der Waals surface area contributed by atoms with E-state index in [9.17, 15) is 0 Å². The molecule has 0 aromatic heterocycles. The highest BCUT2D eigenvalue weighted by molar-refractivity contribution is 9.11. The van der Waals surface area contributed by atoms with Gasteiger partial charge in [-0.25, -0.2) is 5.84 Å². The number of nitrogens with one attached hydrogen (secondary N) is 1. The van der Waals surface area contributed by atoms with Gasteiger partial charge in [0.1, 0.15) is 5.84 Å². The summed E-state index contributed by atoms with van der Waals surface area (Å²) in [6.45, 7) is 6.07. The Hall–Kier alpha value is -0.390. The number of hydrazine groups is 1. The van der Waals surface area contributed by atoms with Gasteiger partial charge in [-0.3, -0.25) is 4.99 Å². The van der Waals surface area contributed by atoms with Crippen LogP contribution in [0.1, 0.15) is 26.3 Å². The van der Waals surface area contributed by atoms with Crippen molar-refractivity contribution in [2.24, 2.45) is 10.8 Å². The lowest BCUT2D eigenvalue weighted by atomic mass is 10.1. The summed E-state index contributed by atoms with van der Waals surface area (Å²) in [4.78, 5) is 4.53. The zero-order valence-electron chi connectivity index (χ0n) is 9.51. The van der Waals surface area contributed by atoms with Crippen LogP contribution in [0.3, 0.4) is 0 Å². The summed E-state index contributed by atoms with van der Waals surface area (Å²) >= 11 is 6.91. The van der Waals surface area contributed by atoms with E-state index in [2.05, 4.69) is 42.3 Å². The lowest BCUT2D eigenvalue weighted by molar-refractivity contribution is 0.580. The molecule has 5 heteroatoms. The molecule has 0 bridgehead atoms. The number of amidine groups is 1. The maximum atomic E-state index is 5.51. The molecule has 3 nitrogen and oxygen atoms in total. The molecule has 0 radical (unpaired) electrons. The Bertz CT molecular complexity index is 408. The van der Waals surface area contributed by atoms with Crippen molar-refractivity contribution in [2.75, 3.05) is 0 Å². The third-order valence-corrected chi connectivity index (χ3v) is 2.95. The first-order valence-corrected chi connectivity index (χ1v) is 6.44. The minimum atomic E-state index is -0.177. The first kappa shape index (κ1) is 13.7. The molecule has 88 valence electrons. The van der Waals surface area contributed by atoms with E-state index in [-0.39, 0.29) is 5.54 Å². The van der Waals surface area contributed by atoms with Crippen molar-refractivity contribution in [3.05, 3.63) is 32.7 Å². The largest absolute Gasteiger partial charge is 0.308 e. The van der Waals surface area contributed by atoms with E-state index < -0.39 is 0 Å². The van der Waals surface area contributed by atoms with Crippen LogP contribution in [0, 0.1) is 0 Å². The van der Waals surface area contributed by atoms with Gasteiger partial charge in [-0.1, -0.05) is 31.9 Å². The molecule has 1 aromatic carbocycles. The summed E-state index contributed by atoms with van der Waals surface area (Å²) in [7, 11) is 0. The van der Waals surface area contributed by atoms with Crippen molar-refractivity contribution in [1.82, 2.24) is 5.43 Å². The number of nitrogens with two attached hydrogens (primary N) is 1. The second kappa shape index (κ2) is 5.29. The Balaban J connectivity index is 3.24. The van der Waals surface area contributed by atoms with Crippen molar-refractivity contribution in [3.63, 3.8) is 0 Å².